The predicted octanol–water partition coefficient (Wildman–Crippen LogP) is -0.772. The number of ether oxygens (including phenoxy) is 1. The SMILES string of the molecule is CC(C)(C)OC(=O)N1CCN(C(=O)CCCC[n+]2ccccc2)CC1.[Br-]. The number of carbonyl (C=O) groups is 2. The van der Waals surface area contributed by atoms with E-state index in [2.05, 4.69) is 4.57 Å². The lowest BCUT2D eigenvalue weighted by Gasteiger charge is -2.35. The van der Waals surface area contributed by atoms with E-state index in [-0.39, 0.29) is 29.0 Å². The lowest BCUT2D eigenvalue weighted by molar-refractivity contribution is -0.697. The Kier molecular flexibility index (Phi) is 9.05. The van der Waals surface area contributed by atoms with Crippen LogP contribution < -0.4 is 21.5 Å². The van der Waals surface area contributed by atoms with E-state index in [1.54, 1.807) is 4.90 Å². The molecule has 0 radical (unpaired) electrons. The number of aryl methyl sites for hydroxylation is 1. The van der Waals surface area contributed by atoms with Crippen LogP contribution in [0.3, 0.4) is 0 Å². The van der Waals surface area contributed by atoms with Gasteiger partial charge in [-0.3, -0.25) is 4.79 Å². The second-order valence-corrected chi connectivity index (χ2v) is 7.42. The first-order valence-corrected chi connectivity index (χ1v) is 9.05. The van der Waals surface area contributed by atoms with Gasteiger partial charge in [0.25, 0.3) is 0 Å². The van der Waals surface area contributed by atoms with Crippen molar-refractivity contribution in [2.24, 2.45) is 0 Å². The second-order valence-electron chi connectivity index (χ2n) is 7.42. The number of amides is 2. The largest absolute Gasteiger partial charge is 1.00 e. The number of nitrogens with zero attached hydrogens (tertiary/aromatic N) is 3. The summed E-state index contributed by atoms with van der Waals surface area (Å²) >= 11 is 0. The Morgan fingerprint density at radius 2 is 1.54 bits per heavy atom. The van der Waals surface area contributed by atoms with Gasteiger partial charge in [0.15, 0.2) is 12.4 Å². The molecule has 146 valence electrons. The Bertz CT molecular complexity index is 567. The van der Waals surface area contributed by atoms with Gasteiger partial charge in [0.2, 0.25) is 5.91 Å². The number of aromatic nitrogens is 1. The van der Waals surface area contributed by atoms with Crippen molar-refractivity contribution >= 4 is 12.0 Å². The predicted molar refractivity (Wildman–Crippen MR) is 94.9 cm³/mol. The summed E-state index contributed by atoms with van der Waals surface area (Å²) in [4.78, 5) is 27.9. The summed E-state index contributed by atoms with van der Waals surface area (Å²) in [6.07, 6.45) is 6.22. The van der Waals surface area contributed by atoms with Gasteiger partial charge < -0.3 is 31.5 Å². The highest BCUT2D eigenvalue weighted by molar-refractivity contribution is 5.76. The fourth-order valence-corrected chi connectivity index (χ4v) is 2.78. The summed E-state index contributed by atoms with van der Waals surface area (Å²) in [5, 5.41) is 0. The molecule has 1 aromatic heterocycles. The molecule has 1 fully saturated rings. The van der Waals surface area contributed by atoms with Crippen LogP contribution in [0.4, 0.5) is 4.79 Å². The third-order valence-corrected chi connectivity index (χ3v) is 4.12. The molecule has 0 saturated carbocycles. The van der Waals surface area contributed by atoms with Crippen LogP contribution in [0.15, 0.2) is 30.6 Å². The summed E-state index contributed by atoms with van der Waals surface area (Å²) in [6, 6.07) is 6.02. The molecule has 0 aliphatic carbocycles. The van der Waals surface area contributed by atoms with Crippen LogP contribution >= 0.6 is 0 Å². The second kappa shape index (κ2) is 10.5. The van der Waals surface area contributed by atoms with E-state index in [0.717, 1.165) is 19.4 Å². The normalized spacial score (nSPS) is 14.6. The van der Waals surface area contributed by atoms with Crippen molar-refractivity contribution in [2.45, 2.75) is 52.2 Å². The third-order valence-electron chi connectivity index (χ3n) is 4.12. The van der Waals surface area contributed by atoms with Crippen LogP contribution in [0.2, 0.25) is 0 Å². The molecule has 1 aromatic rings. The van der Waals surface area contributed by atoms with Crippen molar-refractivity contribution in [1.82, 2.24) is 9.80 Å². The number of rotatable bonds is 5. The highest BCUT2D eigenvalue weighted by Gasteiger charge is 2.27. The van der Waals surface area contributed by atoms with E-state index < -0.39 is 5.60 Å². The molecule has 2 heterocycles. The van der Waals surface area contributed by atoms with Crippen LogP contribution in [0.5, 0.6) is 0 Å². The van der Waals surface area contributed by atoms with Crippen molar-refractivity contribution < 1.29 is 35.9 Å². The van der Waals surface area contributed by atoms with Gasteiger partial charge in [-0.2, -0.15) is 0 Å². The van der Waals surface area contributed by atoms with Crippen molar-refractivity contribution in [1.29, 1.82) is 0 Å². The molecule has 2 rings (SSSR count). The van der Waals surface area contributed by atoms with Crippen molar-refractivity contribution in [3.8, 4) is 0 Å². The highest BCUT2D eigenvalue weighted by atomic mass is 79.9. The maximum atomic E-state index is 12.3. The van der Waals surface area contributed by atoms with E-state index in [1.165, 1.54) is 0 Å². The summed E-state index contributed by atoms with van der Waals surface area (Å²) in [5.74, 6) is 0.182. The monoisotopic (exact) mass is 427 g/mol. The molecule has 26 heavy (non-hydrogen) atoms. The molecule has 0 N–H and O–H groups in total. The standard InChI is InChI=1S/C19H30N3O3.BrH/c1-19(2,3)25-18(24)22-15-13-21(14-16-22)17(23)9-5-8-12-20-10-6-4-7-11-20;/h4,6-7,10-11H,5,8-9,12-16H2,1-3H3;1H/q+1;/p-1. The molecule has 7 heteroatoms. The molecule has 2 amide bonds. The molecule has 1 saturated heterocycles. The summed E-state index contributed by atoms with van der Waals surface area (Å²) in [7, 11) is 0. The highest BCUT2D eigenvalue weighted by Crippen LogP contribution is 2.12. The Balaban J connectivity index is 0.00000338. The molecule has 1 aliphatic heterocycles. The molecule has 6 nitrogen and oxygen atoms in total. The third kappa shape index (κ3) is 7.72. The van der Waals surface area contributed by atoms with Crippen LogP contribution in [0.25, 0.3) is 0 Å². The fourth-order valence-electron chi connectivity index (χ4n) is 2.78. The zero-order valence-corrected chi connectivity index (χ0v) is 17.6. The molecule has 0 aromatic carbocycles. The molecular formula is C19H30BrN3O3. The van der Waals surface area contributed by atoms with E-state index >= 15 is 0 Å². The summed E-state index contributed by atoms with van der Waals surface area (Å²) in [5.41, 5.74) is -0.485. The lowest BCUT2D eigenvalue weighted by Crippen LogP contribution is -3.00. The van der Waals surface area contributed by atoms with Crippen molar-refractivity contribution in [2.75, 3.05) is 26.2 Å². The van der Waals surface area contributed by atoms with Crippen LogP contribution in [0.1, 0.15) is 40.0 Å². The van der Waals surface area contributed by atoms with Gasteiger partial charge >= 0.3 is 6.09 Å². The molecule has 0 bridgehead atoms. The molecule has 0 unspecified atom stereocenters. The van der Waals surface area contributed by atoms with E-state index in [1.807, 2.05) is 56.3 Å². The average Bonchev–Trinajstić information content (AvgIpc) is 2.58. The Morgan fingerprint density at radius 1 is 0.962 bits per heavy atom. The van der Waals surface area contributed by atoms with Gasteiger partial charge in [-0.15, -0.1) is 0 Å². The first kappa shape index (κ1) is 22.4. The number of piperazine rings is 1. The van der Waals surface area contributed by atoms with Crippen molar-refractivity contribution in [3.05, 3.63) is 30.6 Å². The summed E-state index contributed by atoms with van der Waals surface area (Å²) < 4.78 is 7.50. The van der Waals surface area contributed by atoms with Gasteiger partial charge in [-0.05, 0) is 27.2 Å². The molecule has 1 aliphatic rings. The number of pyridine rings is 1. The van der Waals surface area contributed by atoms with Crippen molar-refractivity contribution in [3.63, 3.8) is 0 Å². The smallest absolute Gasteiger partial charge is 0.410 e. The van der Waals surface area contributed by atoms with E-state index in [0.29, 0.717) is 32.6 Å². The van der Waals surface area contributed by atoms with Crippen LogP contribution in [-0.4, -0.2) is 53.6 Å². The molecule has 0 atom stereocenters. The first-order valence-electron chi connectivity index (χ1n) is 9.05. The minimum atomic E-state index is -0.485. The minimum Gasteiger partial charge on any atom is -1.00 e. The Labute approximate surface area is 166 Å². The lowest BCUT2D eigenvalue weighted by atomic mass is 10.2. The summed E-state index contributed by atoms with van der Waals surface area (Å²) in [6.45, 7) is 8.77. The Hall–Kier alpha value is -1.63. The fraction of sp³-hybridized carbons (Fsp3) is 0.632. The molecular weight excluding hydrogens is 398 g/mol. The van der Waals surface area contributed by atoms with E-state index in [4.69, 9.17) is 4.74 Å². The zero-order chi connectivity index (χ0) is 18.3. The van der Waals surface area contributed by atoms with Crippen LogP contribution in [0, 0.1) is 0 Å². The zero-order valence-electron chi connectivity index (χ0n) is 16.0. The number of halogens is 1. The van der Waals surface area contributed by atoms with Gasteiger partial charge in [0, 0.05) is 51.2 Å². The van der Waals surface area contributed by atoms with Gasteiger partial charge in [0.1, 0.15) is 12.1 Å². The van der Waals surface area contributed by atoms with Gasteiger partial charge in [0.05, 0.1) is 0 Å². The average molecular weight is 428 g/mol. The number of unbranched alkanes of at least 4 members (excludes halogenated alkanes) is 1. The maximum absolute atomic E-state index is 12.3. The van der Waals surface area contributed by atoms with Gasteiger partial charge in [-0.25, -0.2) is 9.36 Å². The number of hydrogen-bond donors (Lipinski definition) is 0. The quantitative estimate of drug-likeness (QED) is 0.457. The van der Waals surface area contributed by atoms with E-state index in [9.17, 15) is 9.59 Å². The number of hydrogen-bond acceptors (Lipinski definition) is 3. The topological polar surface area (TPSA) is 53.7 Å². The Morgan fingerprint density at radius 3 is 2.12 bits per heavy atom. The first-order chi connectivity index (χ1) is 11.8. The molecule has 0 spiro atoms. The minimum absolute atomic E-state index is 0. The van der Waals surface area contributed by atoms with Gasteiger partial charge in [-0.1, -0.05) is 6.07 Å². The number of carbonyl (C=O) groups excluding carboxylic acids is 2. The van der Waals surface area contributed by atoms with Crippen LogP contribution in [-0.2, 0) is 16.1 Å². The maximum Gasteiger partial charge on any atom is 0.410 e.